The normalized spacial score (nSPS) is 13.6. The molecule has 0 fully saturated rings. The van der Waals surface area contributed by atoms with E-state index in [4.69, 9.17) is 0 Å². The highest BCUT2D eigenvalue weighted by Crippen LogP contribution is 2.22. The summed E-state index contributed by atoms with van der Waals surface area (Å²) in [4.78, 5) is 8.94. The van der Waals surface area contributed by atoms with Gasteiger partial charge in [0.25, 0.3) is 0 Å². The van der Waals surface area contributed by atoms with Crippen molar-refractivity contribution in [1.82, 2.24) is 15.6 Å². The molecule has 22 heavy (non-hydrogen) atoms. The second-order valence-corrected chi connectivity index (χ2v) is 6.97. The van der Waals surface area contributed by atoms with Crippen LogP contribution in [-0.2, 0) is 6.42 Å². The Bertz CT molecular complexity index is 585. The summed E-state index contributed by atoms with van der Waals surface area (Å²) in [6.45, 7) is 7.50. The predicted molar refractivity (Wildman–Crippen MR) is 96.7 cm³/mol. The molecule has 0 spiro atoms. The van der Waals surface area contributed by atoms with Gasteiger partial charge in [-0.3, -0.25) is 4.99 Å². The minimum absolute atomic E-state index is 0.412. The number of hydrogen-bond donors (Lipinski definition) is 2. The van der Waals surface area contributed by atoms with E-state index in [2.05, 4.69) is 59.6 Å². The van der Waals surface area contributed by atoms with Gasteiger partial charge < -0.3 is 10.6 Å². The van der Waals surface area contributed by atoms with Crippen molar-refractivity contribution in [3.63, 3.8) is 0 Å². The van der Waals surface area contributed by atoms with Crippen molar-refractivity contribution in [3.8, 4) is 0 Å². The number of aromatic nitrogens is 1. The molecule has 0 bridgehead atoms. The Morgan fingerprint density at radius 3 is 2.73 bits per heavy atom. The molecule has 4 nitrogen and oxygen atoms in total. The zero-order valence-electron chi connectivity index (χ0n) is 13.9. The van der Waals surface area contributed by atoms with Crippen LogP contribution in [0.15, 0.2) is 29.3 Å². The summed E-state index contributed by atoms with van der Waals surface area (Å²) >= 11 is 1.79. The Labute approximate surface area is 137 Å². The van der Waals surface area contributed by atoms with Crippen LogP contribution in [0.3, 0.4) is 0 Å². The van der Waals surface area contributed by atoms with Crippen LogP contribution in [0.4, 0.5) is 0 Å². The molecule has 2 rings (SSSR count). The number of nitrogens with zero attached hydrogens (tertiary/aromatic N) is 2. The lowest BCUT2D eigenvalue weighted by atomic mass is 10.1. The first-order chi connectivity index (χ1) is 10.6. The minimum atomic E-state index is 0.412. The highest BCUT2D eigenvalue weighted by atomic mass is 32.1. The maximum atomic E-state index is 4.67. The van der Waals surface area contributed by atoms with E-state index in [0.29, 0.717) is 12.0 Å². The van der Waals surface area contributed by atoms with Crippen LogP contribution in [-0.4, -0.2) is 30.6 Å². The predicted octanol–water partition coefficient (Wildman–Crippen LogP) is 3.44. The molecule has 120 valence electrons. The number of guanidine groups is 1. The molecule has 1 aromatic carbocycles. The van der Waals surface area contributed by atoms with Crippen LogP contribution in [0.25, 0.3) is 10.2 Å². The summed E-state index contributed by atoms with van der Waals surface area (Å²) in [7, 11) is 1.82. The fourth-order valence-corrected chi connectivity index (χ4v) is 3.06. The minimum Gasteiger partial charge on any atom is -0.356 e. The van der Waals surface area contributed by atoms with Gasteiger partial charge >= 0.3 is 0 Å². The monoisotopic (exact) mass is 318 g/mol. The number of rotatable bonds is 6. The maximum absolute atomic E-state index is 4.67. The molecule has 0 saturated carbocycles. The molecule has 0 radical (unpaired) electrons. The number of thiazole rings is 1. The van der Waals surface area contributed by atoms with Gasteiger partial charge in [-0.05, 0) is 31.4 Å². The molecule has 0 aliphatic carbocycles. The summed E-state index contributed by atoms with van der Waals surface area (Å²) in [6, 6.07) is 8.73. The molecule has 5 heteroatoms. The lowest BCUT2D eigenvalue weighted by molar-refractivity contribution is 0.480. The quantitative estimate of drug-likeness (QED) is 0.487. The van der Waals surface area contributed by atoms with Crippen LogP contribution in [0.5, 0.6) is 0 Å². The standard InChI is InChI=1S/C17H26N4S/c1-12(2)13(3)20-17(18-4)19-11-7-10-16-21-14-8-5-6-9-15(14)22-16/h5-6,8-9,12-13H,7,10-11H2,1-4H3,(H2,18,19,20). The van der Waals surface area contributed by atoms with Crippen LogP contribution < -0.4 is 10.6 Å². The number of para-hydroxylation sites is 1. The van der Waals surface area contributed by atoms with Gasteiger partial charge in [0, 0.05) is 26.1 Å². The van der Waals surface area contributed by atoms with Gasteiger partial charge in [0.15, 0.2) is 5.96 Å². The van der Waals surface area contributed by atoms with Crippen molar-refractivity contribution < 1.29 is 0 Å². The highest BCUT2D eigenvalue weighted by molar-refractivity contribution is 7.18. The van der Waals surface area contributed by atoms with Crippen molar-refractivity contribution in [2.75, 3.05) is 13.6 Å². The zero-order valence-corrected chi connectivity index (χ0v) is 14.7. The second kappa shape index (κ2) is 8.13. The molecule has 0 aliphatic rings. The number of benzene rings is 1. The third-order valence-electron chi connectivity index (χ3n) is 3.79. The van der Waals surface area contributed by atoms with Crippen LogP contribution in [0.1, 0.15) is 32.2 Å². The van der Waals surface area contributed by atoms with Gasteiger partial charge in [0.1, 0.15) is 0 Å². The number of aryl methyl sites for hydroxylation is 1. The van der Waals surface area contributed by atoms with E-state index in [-0.39, 0.29) is 0 Å². The third-order valence-corrected chi connectivity index (χ3v) is 4.88. The third kappa shape index (κ3) is 4.70. The van der Waals surface area contributed by atoms with E-state index in [0.717, 1.165) is 30.9 Å². The van der Waals surface area contributed by atoms with E-state index in [9.17, 15) is 0 Å². The second-order valence-electron chi connectivity index (χ2n) is 5.85. The molecule has 1 atom stereocenters. The Hall–Kier alpha value is -1.62. The van der Waals surface area contributed by atoms with Crippen molar-refractivity contribution in [3.05, 3.63) is 29.3 Å². The Morgan fingerprint density at radius 1 is 1.27 bits per heavy atom. The van der Waals surface area contributed by atoms with Gasteiger partial charge in [0.2, 0.25) is 0 Å². The average Bonchev–Trinajstić information content (AvgIpc) is 2.92. The first kappa shape index (κ1) is 16.7. The molecular formula is C17H26N4S. The number of hydrogen-bond acceptors (Lipinski definition) is 3. The molecule has 1 aromatic heterocycles. The van der Waals surface area contributed by atoms with E-state index in [1.54, 1.807) is 11.3 Å². The summed E-state index contributed by atoms with van der Waals surface area (Å²) in [5.41, 5.74) is 1.11. The Kier molecular flexibility index (Phi) is 6.19. The lowest BCUT2D eigenvalue weighted by Crippen LogP contribution is -2.44. The first-order valence-corrected chi connectivity index (χ1v) is 8.73. The highest BCUT2D eigenvalue weighted by Gasteiger charge is 2.08. The summed E-state index contributed by atoms with van der Waals surface area (Å²) in [5, 5.41) is 8.00. The molecular weight excluding hydrogens is 292 g/mol. The molecule has 0 aliphatic heterocycles. The van der Waals surface area contributed by atoms with Crippen LogP contribution >= 0.6 is 11.3 Å². The largest absolute Gasteiger partial charge is 0.356 e. The fourth-order valence-electron chi connectivity index (χ4n) is 2.05. The average molecular weight is 318 g/mol. The van der Waals surface area contributed by atoms with Crippen LogP contribution in [0.2, 0.25) is 0 Å². The van der Waals surface area contributed by atoms with Gasteiger partial charge in [-0.15, -0.1) is 11.3 Å². The molecule has 1 unspecified atom stereocenters. The van der Waals surface area contributed by atoms with Crippen molar-refractivity contribution in [2.45, 2.75) is 39.7 Å². The van der Waals surface area contributed by atoms with E-state index < -0.39 is 0 Å². The summed E-state index contributed by atoms with van der Waals surface area (Å²) < 4.78 is 1.27. The van der Waals surface area contributed by atoms with E-state index >= 15 is 0 Å². The van der Waals surface area contributed by atoms with Crippen molar-refractivity contribution in [1.29, 1.82) is 0 Å². The fraction of sp³-hybridized carbons (Fsp3) is 0.529. The first-order valence-electron chi connectivity index (χ1n) is 7.91. The summed E-state index contributed by atoms with van der Waals surface area (Å²) in [5.74, 6) is 1.46. The van der Waals surface area contributed by atoms with E-state index in [1.807, 2.05) is 13.1 Å². The SMILES string of the molecule is CN=C(NCCCc1nc2ccccc2s1)NC(C)C(C)C. The molecule has 0 saturated heterocycles. The molecule has 0 amide bonds. The van der Waals surface area contributed by atoms with Gasteiger partial charge in [0.05, 0.1) is 15.2 Å². The van der Waals surface area contributed by atoms with Gasteiger partial charge in [-0.1, -0.05) is 26.0 Å². The number of fused-ring (bicyclic) bond motifs is 1. The Morgan fingerprint density at radius 2 is 2.05 bits per heavy atom. The summed E-state index contributed by atoms with van der Waals surface area (Å²) in [6.07, 6.45) is 2.06. The topological polar surface area (TPSA) is 49.3 Å². The molecule has 2 N–H and O–H groups in total. The maximum Gasteiger partial charge on any atom is 0.191 e. The number of nitrogens with one attached hydrogen (secondary N) is 2. The Balaban J connectivity index is 1.76. The van der Waals surface area contributed by atoms with Gasteiger partial charge in [-0.25, -0.2) is 4.98 Å². The van der Waals surface area contributed by atoms with E-state index in [1.165, 1.54) is 9.71 Å². The zero-order chi connectivity index (χ0) is 15.9. The lowest BCUT2D eigenvalue weighted by Gasteiger charge is -2.20. The van der Waals surface area contributed by atoms with Crippen molar-refractivity contribution in [2.24, 2.45) is 10.9 Å². The van der Waals surface area contributed by atoms with Gasteiger partial charge in [-0.2, -0.15) is 0 Å². The smallest absolute Gasteiger partial charge is 0.191 e. The van der Waals surface area contributed by atoms with Crippen molar-refractivity contribution >= 4 is 27.5 Å². The number of aliphatic imine (C=N–C) groups is 1. The molecule has 1 heterocycles. The van der Waals surface area contributed by atoms with Crippen LogP contribution in [0, 0.1) is 5.92 Å². The molecule has 2 aromatic rings.